The van der Waals surface area contributed by atoms with Gasteiger partial charge in [-0.2, -0.15) is 16.9 Å². The molecular formula is C22H20ClN5O5S. The third kappa shape index (κ3) is 5.15. The molecular weight excluding hydrogens is 482 g/mol. The maximum absolute atomic E-state index is 12.9. The highest BCUT2D eigenvalue weighted by molar-refractivity contribution is 7.98. The zero-order valence-electron chi connectivity index (χ0n) is 18.0. The number of carbonyl (C=O) groups is 2. The lowest BCUT2D eigenvalue weighted by molar-refractivity contribution is -0.384. The van der Waals surface area contributed by atoms with Crippen molar-refractivity contribution in [3.63, 3.8) is 0 Å². The number of rotatable bonds is 8. The Kier molecular flexibility index (Phi) is 7.03. The SMILES string of the molecule is COc1ccc(CNC(=O)Cn2nc3c(c2NC(=O)c2ccc(Cl)c([N+](=O)[O-])c2)CSC3)cc1. The van der Waals surface area contributed by atoms with E-state index in [1.54, 1.807) is 18.9 Å². The Morgan fingerprint density at radius 2 is 2.00 bits per heavy atom. The summed E-state index contributed by atoms with van der Waals surface area (Å²) in [6.07, 6.45) is 0. The third-order valence-electron chi connectivity index (χ3n) is 5.20. The van der Waals surface area contributed by atoms with Gasteiger partial charge in [0.2, 0.25) is 5.91 Å². The van der Waals surface area contributed by atoms with Crippen LogP contribution in [0.3, 0.4) is 0 Å². The predicted molar refractivity (Wildman–Crippen MR) is 128 cm³/mol. The Bertz CT molecular complexity index is 1260. The molecule has 12 heteroatoms. The van der Waals surface area contributed by atoms with Gasteiger partial charge in [0.1, 0.15) is 23.1 Å². The monoisotopic (exact) mass is 501 g/mol. The second-order valence-corrected chi connectivity index (χ2v) is 8.82. The van der Waals surface area contributed by atoms with Crippen molar-refractivity contribution in [3.05, 3.63) is 80.0 Å². The minimum Gasteiger partial charge on any atom is -0.497 e. The first kappa shape index (κ1) is 23.6. The maximum Gasteiger partial charge on any atom is 0.288 e. The molecule has 2 N–H and O–H groups in total. The molecule has 0 radical (unpaired) electrons. The molecule has 1 aromatic heterocycles. The number of anilines is 1. The van der Waals surface area contributed by atoms with E-state index in [2.05, 4.69) is 15.7 Å². The van der Waals surface area contributed by atoms with Crippen molar-refractivity contribution in [2.45, 2.75) is 24.6 Å². The van der Waals surface area contributed by atoms with Gasteiger partial charge in [-0.05, 0) is 29.8 Å². The third-order valence-corrected chi connectivity index (χ3v) is 6.49. The lowest BCUT2D eigenvalue weighted by Crippen LogP contribution is -2.28. The number of hydrogen-bond donors (Lipinski definition) is 2. The first-order valence-electron chi connectivity index (χ1n) is 10.2. The summed E-state index contributed by atoms with van der Waals surface area (Å²) < 4.78 is 6.58. The summed E-state index contributed by atoms with van der Waals surface area (Å²) in [6.45, 7) is 0.236. The number of nitro benzene ring substituents is 1. The minimum atomic E-state index is -0.648. The largest absolute Gasteiger partial charge is 0.497 e. The quantitative estimate of drug-likeness (QED) is 0.355. The predicted octanol–water partition coefficient (Wildman–Crippen LogP) is 3.77. The molecule has 10 nitrogen and oxygen atoms in total. The van der Waals surface area contributed by atoms with Crippen molar-refractivity contribution < 1.29 is 19.2 Å². The molecule has 1 aliphatic heterocycles. The molecule has 34 heavy (non-hydrogen) atoms. The Balaban J connectivity index is 1.48. The molecule has 0 bridgehead atoms. The van der Waals surface area contributed by atoms with Crippen molar-refractivity contribution in [2.75, 3.05) is 12.4 Å². The van der Waals surface area contributed by atoms with E-state index in [9.17, 15) is 19.7 Å². The minimum absolute atomic E-state index is 0.0579. The van der Waals surface area contributed by atoms with Crippen LogP contribution in [0.15, 0.2) is 42.5 Å². The Morgan fingerprint density at radius 3 is 2.71 bits per heavy atom. The average Bonchev–Trinajstić information content (AvgIpc) is 3.40. The number of thioether (sulfide) groups is 1. The van der Waals surface area contributed by atoms with E-state index in [0.29, 0.717) is 23.9 Å². The first-order valence-corrected chi connectivity index (χ1v) is 11.7. The molecule has 0 atom stereocenters. The van der Waals surface area contributed by atoms with Gasteiger partial charge in [0.25, 0.3) is 11.6 Å². The number of nitro groups is 1. The fourth-order valence-electron chi connectivity index (χ4n) is 3.43. The van der Waals surface area contributed by atoms with Crippen LogP contribution in [0.25, 0.3) is 0 Å². The van der Waals surface area contributed by atoms with Crippen LogP contribution in [-0.2, 0) is 29.4 Å². The van der Waals surface area contributed by atoms with Gasteiger partial charge in [-0.25, -0.2) is 4.68 Å². The van der Waals surface area contributed by atoms with Crippen molar-refractivity contribution in [1.29, 1.82) is 0 Å². The van der Waals surface area contributed by atoms with Crippen LogP contribution in [0.4, 0.5) is 11.5 Å². The highest BCUT2D eigenvalue weighted by Gasteiger charge is 2.26. The molecule has 176 valence electrons. The smallest absolute Gasteiger partial charge is 0.288 e. The van der Waals surface area contributed by atoms with Gasteiger partial charge >= 0.3 is 0 Å². The molecule has 0 spiro atoms. The van der Waals surface area contributed by atoms with Gasteiger partial charge < -0.3 is 15.4 Å². The molecule has 2 heterocycles. The molecule has 2 aromatic carbocycles. The normalized spacial score (nSPS) is 12.2. The van der Waals surface area contributed by atoms with Crippen LogP contribution >= 0.6 is 23.4 Å². The van der Waals surface area contributed by atoms with E-state index in [1.165, 1.54) is 16.8 Å². The van der Waals surface area contributed by atoms with Gasteiger partial charge in [-0.15, -0.1) is 0 Å². The van der Waals surface area contributed by atoms with E-state index in [-0.39, 0.29) is 28.7 Å². The van der Waals surface area contributed by atoms with Crippen LogP contribution < -0.4 is 15.4 Å². The fourth-order valence-corrected chi connectivity index (χ4v) is 4.65. The zero-order chi connectivity index (χ0) is 24.2. The van der Waals surface area contributed by atoms with Crippen molar-refractivity contribution in [3.8, 4) is 5.75 Å². The highest BCUT2D eigenvalue weighted by atomic mass is 35.5. The van der Waals surface area contributed by atoms with E-state index >= 15 is 0 Å². The van der Waals surface area contributed by atoms with Crippen molar-refractivity contribution in [2.24, 2.45) is 0 Å². The lowest BCUT2D eigenvalue weighted by atomic mass is 10.2. The molecule has 0 unspecified atom stereocenters. The summed E-state index contributed by atoms with van der Waals surface area (Å²) in [5.74, 6) is 1.61. The zero-order valence-corrected chi connectivity index (χ0v) is 19.6. The number of amides is 2. The molecule has 0 saturated heterocycles. The van der Waals surface area contributed by atoms with Crippen LogP contribution in [0.2, 0.25) is 5.02 Å². The number of benzene rings is 2. The lowest BCUT2D eigenvalue weighted by Gasteiger charge is -2.12. The van der Waals surface area contributed by atoms with Gasteiger partial charge in [0.15, 0.2) is 0 Å². The summed E-state index contributed by atoms with van der Waals surface area (Å²) in [6, 6.07) is 11.2. The topological polar surface area (TPSA) is 128 Å². The van der Waals surface area contributed by atoms with Gasteiger partial charge in [0.05, 0.1) is 17.7 Å². The number of nitrogens with zero attached hydrogens (tertiary/aromatic N) is 3. The molecule has 0 fully saturated rings. The summed E-state index contributed by atoms with van der Waals surface area (Å²) in [5, 5.41) is 21.2. The molecule has 3 aromatic rings. The Morgan fingerprint density at radius 1 is 1.24 bits per heavy atom. The Hall–Kier alpha value is -3.57. The first-order chi connectivity index (χ1) is 16.4. The number of ether oxygens (including phenoxy) is 1. The standard InChI is InChI=1S/C22H20ClN5O5S/c1-33-15-5-2-13(3-6-15)9-24-20(29)10-27-21(16-11-34-12-18(16)26-27)25-22(30)14-4-7-17(23)19(8-14)28(31)32/h2-8H,9-12H2,1H3,(H,24,29)(H,25,30). The van der Waals surface area contributed by atoms with Gasteiger partial charge in [-0.1, -0.05) is 23.7 Å². The van der Waals surface area contributed by atoms with E-state index < -0.39 is 10.8 Å². The number of carbonyl (C=O) groups excluding carboxylic acids is 2. The molecule has 2 amide bonds. The average molecular weight is 502 g/mol. The maximum atomic E-state index is 12.9. The van der Waals surface area contributed by atoms with Crippen molar-refractivity contribution >= 4 is 46.7 Å². The van der Waals surface area contributed by atoms with Crippen LogP contribution in [-0.4, -0.2) is 33.6 Å². The molecule has 4 rings (SSSR count). The van der Waals surface area contributed by atoms with Crippen LogP contribution in [0.5, 0.6) is 5.75 Å². The number of methoxy groups -OCH3 is 1. The molecule has 0 saturated carbocycles. The second-order valence-electron chi connectivity index (χ2n) is 7.43. The summed E-state index contributed by atoms with van der Waals surface area (Å²) in [4.78, 5) is 36.0. The molecule has 1 aliphatic rings. The number of halogens is 1. The van der Waals surface area contributed by atoms with Gasteiger partial charge in [-0.3, -0.25) is 19.7 Å². The van der Waals surface area contributed by atoms with Crippen LogP contribution in [0.1, 0.15) is 27.2 Å². The second kappa shape index (κ2) is 10.1. The van der Waals surface area contributed by atoms with E-state index in [4.69, 9.17) is 16.3 Å². The Labute approximate surface area is 203 Å². The van der Waals surface area contributed by atoms with Crippen LogP contribution in [0, 0.1) is 10.1 Å². The number of nitrogens with one attached hydrogen (secondary N) is 2. The van der Waals surface area contributed by atoms with E-state index in [1.807, 2.05) is 24.3 Å². The summed E-state index contributed by atoms with van der Waals surface area (Å²) in [7, 11) is 1.58. The summed E-state index contributed by atoms with van der Waals surface area (Å²) in [5.41, 5.74) is 2.26. The summed E-state index contributed by atoms with van der Waals surface area (Å²) >= 11 is 7.49. The number of hydrogen-bond acceptors (Lipinski definition) is 7. The highest BCUT2D eigenvalue weighted by Crippen LogP contribution is 2.35. The van der Waals surface area contributed by atoms with Crippen molar-refractivity contribution in [1.82, 2.24) is 15.1 Å². The number of fused-ring (bicyclic) bond motifs is 1. The fraction of sp³-hybridized carbons (Fsp3) is 0.227. The number of aromatic nitrogens is 2. The van der Waals surface area contributed by atoms with Gasteiger partial charge in [0, 0.05) is 35.2 Å². The van der Waals surface area contributed by atoms with E-state index in [0.717, 1.165) is 28.6 Å². The molecule has 0 aliphatic carbocycles.